The van der Waals surface area contributed by atoms with Gasteiger partial charge in [0, 0.05) is 24.2 Å². The van der Waals surface area contributed by atoms with Crippen LogP contribution in [-0.2, 0) is 4.79 Å². The number of urea groups is 1. The molecule has 2 bridgehead atoms. The van der Waals surface area contributed by atoms with Gasteiger partial charge < -0.3 is 20.6 Å². The van der Waals surface area contributed by atoms with Crippen LogP contribution < -0.4 is 10.6 Å². The summed E-state index contributed by atoms with van der Waals surface area (Å²) in [5, 5.41) is 14.6. The summed E-state index contributed by atoms with van der Waals surface area (Å²) < 4.78 is 0. The highest BCUT2D eigenvalue weighted by molar-refractivity contribution is 5.76. The number of nitrogens with one attached hydrogen (secondary N) is 2. The highest BCUT2D eigenvalue weighted by atomic mass is 16.4. The van der Waals surface area contributed by atoms with Crippen LogP contribution in [0.3, 0.4) is 0 Å². The second-order valence-electron chi connectivity index (χ2n) is 6.39. The fourth-order valence-corrected chi connectivity index (χ4v) is 3.65. The molecule has 0 radical (unpaired) electrons. The molecule has 21 heavy (non-hydrogen) atoms. The summed E-state index contributed by atoms with van der Waals surface area (Å²) in [5.41, 5.74) is 0. The first-order chi connectivity index (χ1) is 9.99. The van der Waals surface area contributed by atoms with Gasteiger partial charge in [-0.2, -0.15) is 0 Å². The van der Waals surface area contributed by atoms with E-state index in [0.29, 0.717) is 18.5 Å². The number of nitrogens with zero attached hydrogens (tertiary/aromatic N) is 1. The largest absolute Gasteiger partial charge is 0.481 e. The summed E-state index contributed by atoms with van der Waals surface area (Å²) in [5.74, 6) is -0.879. The van der Waals surface area contributed by atoms with Gasteiger partial charge in [0.25, 0.3) is 0 Å². The lowest BCUT2D eigenvalue weighted by atomic mass is 9.82. The van der Waals surface area contributed by atoms with E-state index in [1.165, 1.54) is 19.3 Å². The molecule has 2 heterocycles. The molecule has 6 nitrogen and oxygen atoms in total. The minimum atomic E-state index is -0.879. The van der Waals surface area contributed by atoms with Crippen LogP contribution in [0.4, 0.5) is 4.79 Å². The Morgan fingerprint density at radius 2 is 1.90 bits per heavy atom. The number of piperidine rings is 2. The van der Waals surface area contributed by atoms with Crippen molar-refractivity contribution in [2.24, 2.45) is 0 Å². The first-order valence-corrected chi connectivity index (χ1v) is 8.00. The number of carbonyl (C=O) groups excluding carboxylic acids is 1. The molecule has 0 aromatic rings. The molecular weight excluding hydrogens is 270 g/mol. The predicted molar refractivity (Wildman–Crippen MR) is 80.2 cm³/mol. The van der Waals surface area contributed by atoms with Crippen molar-refractivity contribution < 1.29 is 14.7 Å². The van der Waals surface area contributed by atoms with Crippen LogP contribution in [0.1, 0.15) is 51.9 Å². The van der Waals surface area contributed by atoms with Crippen LogP contribution in [0.25, 0.3) is 0 Å². The molecule has 2 rings (SSSR count). The third-order valence-electron chi connectivity index (χ3n) is 4.92. The number of hydrogen-bond acceptors (Lipinski definition) is 3. The number of amides is 2. The topological polar surface area (TPSA) is 81.7 Å². The van der Waals surface area contributed by atoms with Crippen LogP contribution in [0.15, 0.2) is 0 Å². The average molecular weight is 297 g/mol. The van der Waals surface area contributed by atoms with Gasteiger partial charge in [-0.25, -0.2) is 4.79 Å². The summed E-state index contributed by atoms with van der Waals surface area (Å²) >= 11 is 0. The van der Waals surface area contributed by atoms with Crippen molar-refractivity contribution in [3.63, 3.8) is 0 Å². The Morgan fingerprint density at radius 3 is 2.43 bits per heavy atom. The molecule has 120 valence electrons. The smallest absolute Gasteiger partial charge is 0.315 e. The van der Waals surface area contributed by atoms with Crippen LogP contribution in [0, 0.1) is 0 Å². The van der Waals surface area contributed by atoms with E-state index in [-0.39, 0.29) is 24.5 Å². The predicted octanol–water partition coefficient (Wildman–Crippen LogP) is 1.55. The number of fused-ring (bicyclic) bond motifs is 2. The molecule has 0 aromatic carbocycles. The molecule has 0 spiro atoms. The summed E-state index contributed by atoms with van der Waals surface area (Å²) in [6.45, 7) is 1.88. The van der Waals surface area contributed by atoms with E-state index in [4.69, 9.17) is 5.11 Å². The minimum Gasteiger partial charge on any atom is -0.481 e. The Balaban J connectivity index is 1.81. The second kappa shape index (κ2) is 7.11. The molecule has 0 aliphatic carbocycles. The number of rotatable bonds is 5. The van der Waals surface area contributed by atoms with Crippen LogP contribution >= 0.6 is 0 Å². The van der Waals surface area contributed by atoms with Gasteiger partial charge in [0.1, 0.15) is 0 Å². The lowest BCUT2D eigenvalue weighted by Crippen LogP contribution is -2.57. The summed E-state index contributed by atoms with van der Waals surface area (Å²) in [6.07, 6.45) is 6.30. The maximum absolute atomic E-state index is 12.0. The molecule has 3 N–H and O–H groups in total. The average Bonchev–Trinajstić information content (AvgIpc) is 2.38. The van der Waals surface area contributed by atoms with Gasteiger partial charge in [0.2, 0.25) is 0 Å². The van der Waals surface area contributed by atoms with Crippen molar-refractivity contribution in [3.05, 3.63) is 0 Å². The Bertz CT molecular complexity index is 374. The molecule has 2 amide bonds. The van der Waals surface area contributed by atoms with Crippen molar-refractivity contribution in [2.45, 2.75) is 76.0 Å². The highest BCUT2D eigenvalue weighted by Crippen LogP contribution is 2.32. The van der Waals surface area contributed by atoms with E-state index in [2.05, 4.69) is 22.6 Å². The van der Waals surface area contributed by atoms with Crippen molar-refractivity contribution in [3.8, 4) is 0 Å². The van der Waals surface area contributed by atoms with Crippen LogP contribution in [-0.4, -0.2) is 53.2 Å². The molecule has 3 unspecified atom stereocenters. The zero-order chi connectivity index (χ0) is 15.4. The van der Waals surface area contributed by atoms with E-state index in [1.54, 1.807) is 0 Å². The Hall–Kier alpha value is -1.30. The van der Waals surface area contributed by atoms with Gasteiger partial charge in [-0.3, -0.25) is 4.79 Å². The van der Waals surface area contributed by atoms with Gasteiger partial charge in [0.05, 0.1) is 6.42 Å². The molecule has 3 atom stereocenters. The Labute approximate surface area is 126 Å². The van der Waals surface area contributed by atoms with Crippen LogP contribution in [0.5, 0.6) is 0 Å². The number of hydrogen-bond donors (Lipinski definition) is 3. The van der Waals surface area contributed by atoms with Gasteiger partial charge in [-0.1, -0.05) is 13.3 Å². The molecule has 2 fully saturated rings. The van der Waals surface area contributed by atoms with Gasteiger partial charge in [-0.15, -0.1) is 0 Å². The molecule has 0 aromatic heterocycles. The molecule has 0 saturated carbocycles. The number of carboxylic acids is 1. The fourth-order valence-electron chi connectivity index (χ4n) is 3.65. The van der Waals surface area contributed by atoms with E-state index in [0.717, 1.165) is 12.8 Å². The second-order valence-corrected chi connectivity index (χ2v) is 6.39. The lowest BCUT2D eigenvalue weighted by Gasteiger charge is -2.47. The van der Waals surface area contributed by atoms with Crippen molar-refractivity contribution in [2.75, 3.05) is 7.05 Å². The minimum absolute atomic E-state index is 0.0252. The maximum Gasteiger partial charge on any atom is 0.315 e. The van der Waals surface area contributed by atoms with Gasteiger partial charge in [-0.05, 0) is 39.2 Å². The maximum atomic E-state index is 12.0. The fraction of sp³-hybridized carbons (Fsp3) is 0.867. The van der Waals surface area contributed by atoms with Crippen LogP contribution in [0.2, 0.25) is 0 Å². The third kappa shape index (κ3) is 4.33. The monoisotopic (exact) mass is 297 g/mol. The number of carboxylic acid groups (broad SMARTS) is 1. The SMILES string of the molecule is CCC(CC(=O)O)NC(=O)NC1CC2CCCC(C1)N2C. The molecule has 2 aliphatic heterocycles. The van der Waals surface area contributed by atoms with Crippen molar-refractivity contribution >= 4 is 12.0 Å². The molecule has 6 heteroatoms. The first-order valence-electron chi connectivity index (χ1n) is 8.00. The van der Waals surface area contributed by atoms with E-state index >= 15 is 0 Å². The summed E-state index contributed by atoms with van der Waals surface area (Å²) in [7, 11) is 2.19. The first kappa shape index (κ1) is 16.1. The number of aliphatic carboxylic acids is 1. The highest BCUT2D eigenvalue weighted by Gasteiger charge is 2.36. The Kier molecular flexibility index (Phi) is 5.45. The Morgan fingerprint density at radius 1 is 1.29 bits per heavy atom. The van der Waals surface area contributed by atoms with E-state index in [1.807, 2.05) is 6.92 Å². The van der Waals surface area contributed by atoms with Gasteiger partial charge in [0.15, 0.2) is 0 Å². The zero-order valence-corrected chi connectivity index (χ0v) is 13.0. The lowest BCUT2D eigenvalue weighted by molar-refractivity contribution is -0.137. The third-order valence-corrected chi connectivity index (χ3v) is 4.92. The molecular formula is C15H27N3O3. The molecule has 2 aliphatic rings. The normalized spacial score (nSPS) is 30.5. The van der Waals surface area contributed by atoms with Crippen molar-refractivity contribution in [1.82, 2.24) is 15.5 Å². The summed E-state index contributed by atoms with van der Waals surface area (Å²) in [6, 6.07) is 0.829. The number of carbonyl (C=O) groups is 2. The summed E-state index contributed by atoms with van der Waals surface area (Å²) in [4.78, 5) is 25.2. The van der Waals surface area contributed by atoms with E-state index in [9.17, 15) is 9.59 Å². The van der Waals surface area contributed by atoms with Crippen molar-refractivity contribution in [1.29, 1.82) is 0 Å². The van der Waals surface area contributed by atoms with Gasteiger partial charge >= 0.3 is 12.0 Å². The molecule has 2 saturated heterocycles. The standard InChI is InChI=1S/C15H27N3O3/c1-3-10(9-14(19)20)16-15(21)17-11-7-12-5-4-6-13(8-11)18(12)2/h10-13H,3-9H2,1-2H3,(H,19,20)(H2,16,17,21). The zero-order valence-electron chi connectivity index (χ0n) is 13.0. The quantitative estimate of drug-likeness (QED) is 0.719. The van der Waals surface area contributed by atoms with E-state index < -0.39 is 5.97 Å².